The summed E-state index contributed by atoms with van der Waals surface area (Å²) in [6, 6.07) is 9.89. The highest BCUT2D eigenvalue weighted by atomic mass is 16.6. The van der Waals surface area contributed by atoms with Crippen LogP contribution in [0.3, 0.4) is 0 Å². The number of methoxy groups -OCH3 is 1. The number of rotatable bonds is 9. The number of amides is 2. The SMILES string of the molecule is CCCOc1ccc(CNC(=O)c2ccc(N3CCN(C(C)=O)CC3)c([N+](=O)[O-])c2)cc1OC. The van der Waals surface area contributed by atoms with Gasteiger partial charge in [0.1, 0.15) is 5.69 Å². The quantitative estimate of drug-likeness (QED) is 0.443. The van der Waals surface area contributed by atoms with Crippen molar-refractivity contribution in [3.63, 3.8) is 0 Å². The van der Waals surface area contributed by atoms with Gasteiger partial charge in [0.15, 0.2) is 11.5 Å². The molecule has 2 amide bonds. The third-order valence-electron chi connectivity index (χ3n) is 5.64. The number of piperazine rings is 1. The normalized spacial score (nSPS) is 13.4. The fourth-order valence-electron chi connectivity index (χ4n) is 3.78. The molecule has 0 radical (unpaired) electrons. The molecule has 3 rings (SSSR count). The Morgan fingerprint density at radius 2 is 1.82 bits per heavy atom. The number of nitrogens with zero attached hydrogens (tertiary/aromatic N) is 3. The van der Waals surface area contributed by atoms with Crippen LogP contribution in [0.1, 0.15) is 36.2 Å². The summed E-state index contributed by atoms with van der Waals surface area (Å²) in [4.78, 5) is 39.1. The second-order valence-electron chi connectivity index (χ2n) is 7.97. The summed E-state index contributed by atoms with van der Waals surface area (Å²) in [6.07, 6.45) is 0.876. The van der Waals surface area contributed by atoms with E-state index in [0.717, 1.165) is 12.0 Å². The lowest BCUT2D eigenvalue weighted by Crippen LogP contribution is -2.48. The minimum atomic E-state index is -0.483. The van der Waals surface area contributed by atoms with Crippen LogP contribution in [-0.4, -0.2) is 61.5 Å². The number of ether oxygens (including phenoxy) is 2. The van der Waals surface area contributed by atoms with Crippen molar-refractivity contribution in [2.45, 2.75) is 26.8 Å². The van der Waals surface area contributed by atoms with Crippen molar-refractivity contribution >= 4 is 23.2 Å². The maximum absolute atomic E-state index is 12.7. The molecule has 1 aliphatic rings. The number of nitrogens with one attached hydrogen (secondary N) is 1. The average molecular weight is 471 g/mol. The molecule has 1 aliphatic heterocycles. The van der Waals surface area contributed by atoms with Crippen LogP contribution in [0.4, 0.5) is 11.4 Å². The van der Waals surface area contributed by atoms with Gasteiger partial charge in [0.25, 0.3) is 11.6 Å². The van der Waals surface area contributed by atoms with E-state index in [9.17, 15) is 19.7 Å². The Morgan fingerprint density at radius 3 is 2.44 bits per heavy atom. The molecule has 10 heteroatoms. The molecule has 0 unspecified atom stereocenters. The molecule has 0 bridgehead atoms. The van der Waals surface area contributed by atoms with Gasteiger partial charge in [0.2, 0.25) is 5.91 Å². The van der Waals surface area contributed by atoms with E-state index < -0.39 is 10.8 Å². The summed E-state index contributed by atoms with van der Waals surface area (Å²) >= 11 is 0. The fourth-order valence-corrected chi connectivity index (χ4v) is 3.78. The lowest BCUT2D eigenvalue weighted by atomic mass is 10.1. The molecule has 1 N–H and O–H groups in total. The molecule has 34 heavy (non-hydrogen) atoms. The Kier molecular flexibility index (Phi) is 8.29. The number of carbonyl (C=O) groups excluding carboxylic acids is 2. The van der Waals surface area contributed by atoms with Gasteiger partial charge in [-0.25, -0.2) is 0 Å². The first-order chi connectivity index (χ1) is 16.3. The summed E-state index contributed by atoms with van der Waals surface area (Å²) in [7, 11) is 1.55. The molecule has 1 fully saturated rings. The van der Waals surface area contributed by atoms with E-state index in [0.29, 0.717) is 50.0 Å². The molecule has 0 atom stereocenters. The van der Waals surface area contributed by atoms with Gasteiger partial charge in [-0.05, 0) is 36.2 Å². The zero-order valence-electron chi connectivity index (χ0n) is 19.7. The predicted molar refractivity (Wildman–Crippen MR) is 128 cm³/mol. The van der Waals surface area contributed by atoms with Crippen molar-refractivity contribution in [2.24, 2.45) is 0 Å². The van der Waals surface area contributed by atoms with Crippen LogP contribution in [-0.2, 0) is 11.3 Å². The molecule has 1 saturated heterocycles. The molecule has 0 saturated carbocycles. The largest absolute Gasteiger partial charge is 0.493 e. The van der Waals surface area contributed by atoms with Gasteiger partial charge in [-0.15, -0.1) is 0 Å². The zero-order valence-corrected chi connectivity index (χ0v) is 19.7. The van der Waals surface area contributed by atoms with Crippen LogP contribution in [0, 0.1) is 10.1 Å². The molecule has 0 aromatic heterocycles. The summed E-state index contributed by atoms with van der Waals surface area (Å²) in [6.45, 7) is 6.32. The van der Waals surface area contributed by atoms with Crippen LogP contribution < -0.4 is 19.7 Å². The van der Waals surface area contributed by atoms with Gasteiger partial charge in [-0.3, -0.25) is 19.7 Å². The Bertz CT molecular complexity index is 1050. The monoisotopic (exact) mass is 470 g/mol. The molecule has 2 aromatic carbocycles. The Hall–Kier alpha value is -3.82. The second kappa shape index (κ2) is 11.4. The molecular formula is C24H30N4O6. The van der Waals surface area contributed by atoms with Crippen molar-refractivity contribution in [3.05, 3.63) is 57.6 Å². The number of nitro groups is 1. The first-order valence-corrected chi connectivity index (χ1v) is 11.2. The summed E-state index contributed by atoms with van der Waals surface area (Å²) < 4.78 is 11.0. The van der Waals surface area contributed by atoms with Crippen LogP contribution in [0.25, 0.3) is 0 Å². The van der Waals surface area contributed by atoms with Crippen molar-refractivity contribution in [2.75, 3.05) is 44.8 Å². The first-order valence-electron chi connectivity index (χ1n) is 11.2. The average Bonchev–Trinajstić information content (AvgIpc) is 2.85. The van der Waals surface area contributed by atoms with Gasteiger partial charge in [-0.1, -0.05) is 13.0 Å². The van der Waals surface area contributed by atoms with E-state index in [-0.39, 0.29) is 23.7 Å². The fraction of sp³-hybridized carbons (Fsp3) is 0.417. The molecule has 182 valence electrons. The topological polar surface area (TPSA) is 114 Å². The number of carbonyl (C=O) groups is 2. The predicted octanol–water partition coefficient (Wildman–Crippen LogP) is 2.99. The molecule has 10 nitrogen and oxygen atoms in total. The smallest absolute Gasteiger partial charge is 0.293 e. The Balaban J connectivity index is 1.69. The number of benzene rings is 2. The third kappa shape index (κ3) is 5.94. The summed E-state index contributed by atoms with van der Waals surface area (Å²) in [5, 5.41) is 14.5. The number of nitro benzene ring substituents is 1. The summed E-state index contributed by atoms with van der Waals surface area (Å²) in [5.41, 5.74) is 1.32. The molecule has 2 aromatic rings. The van der Waals surface area contributed by atoms with E-state index in [4.69, 9.17) is 9.47 Å². The van der Waals surface area contributed by atoms with Crippen molar-refractivity contribution in [3.8, 4) is 11.5 Å². The van der Waals surface area contributed by atoms with Crippen LogP contribution in [0.2, 0.25) is 0 Å². The van der Waals surface area contributed by atoms with Gasteiger partial charge in [-0.2, -0.15) is 0 Å². The Morgan fingerprint density at radius 1 is 1.09 bits per heavy atom. The maximum atomic E-state index is 12.7. The Labute approximate surface area is 198 Å². The zero-order chi connectivity index (χ0) is 24.7. The molecular weight excluding hydrogens is 440 g/mol. The van der Waals surface area contributed by atoms with Crippen molar-refractivity contribution in [1.29, 1.82) is 0 Å². The lowest BCUT2D eigenvalue weighted by Gasteiger charge is -2.35. The van der Waals surface area contributed by atoms with Crippen LogP contribution >= 0.6 is 0 Å². The molecule has 1 heterocycles. The minimum Gasteiger partial charge on any atom is -0.493 e. The highest BCUT2D eigenvalue weighted by Crippen LogP contribution is 2.31. The number of hydrogen-bond acceptors (Lipinski definition) is 7. The number of hydrogen-bond donors (Lipinski definition) is 1. The van der Waals surface area contributed by atoms with E-state index in [1.807, 2.05) is 17.9 Å². The molecule has 0 spiro atoms. The minimum absolute atomic E-state index is 0.0121. The van der Waals surface area contributed by atoms with E-state index in [2.05, 4.69) is 5.32 Å². The number of anilines is 1. The van der Waals surface area contributed by atoms with E-state index in [1.54, 1.807) is 36.3 Å². The second-order valence-corrected chi connectivity index (χ2v) is 7.97. The first kappa shape index (κ1) is 24.8. The third-order valence-corrected chi connectivity index (χ3v) is 5.64. The summed E-state index contributed by atoms with van der Waals surface area (Å²) in [5.74, 6) is 0.781. The molecule has 0 aliphatic carbocycles. The van der Waals surface area contributed by atoms with Crippen molar-refractivity contribution in [1.82, 2.24) is 10.2 Å². The highest BCUT2D eigenvalue weighted by molar-refractivity contribution is 5.95. The van der Waals surface area contributed by atoms with Crippen LogP contribution in [0.5, 0.6) is 11.5 Å². The van der Waals surface area contributed by atoms with Gasteiger partial charge in [0, 0.05) is 51.3 Å². The van der Waals surface area contributed by atoms with Gasteiger partial charge < -0.3 is 24.6 Å². The van der Waals surface area contributed by atoms with E-state index >= 15 is 0 Å². The van der Waals surface area contributed by atoms with E-state index in [1.165, 1.54) is 13.0 Å². The van der Waals surface area contributed by atoms with Crippen LogP contribution in [0.15, 0.2) is 36.4 Å². The highest BCUT2D eigenvalue weighted by Gasteiger charge is 2.26. The van der Waals surface area contributed by atoms with Gasteiger partial charge >= 0.3 is 0 Å². The van der Waals surface area contributed by atoms with Gasteiger partial charge in [0.05, 0.1) is 18.6 Å². The maximum Gasteiger partial charge on any atom is 0.293 e. The lowest BCUT2D eigenvalue weighted by molar-refractivity contribution is -0.384. The standard InChI is InChI=1S/C24H30N4O6/c1-4-13-34-22-8-5-18(14-23(22)33-3)16-25-24(30)19-6-7-20(21(15-19)28(31)32)27-11-9-26(10-12-27)17(2)29/h5-8,14-15H,4,9-13,16H2,1-3H3,(H,25,30). The van der Waals surface area contributed by atoms with Crippen molar-refractivity contribution < 1.29 is 24.0 Å².